The fourth-order valence-corrected chi connectivity index (χ4v) is 2.67. The molecule has 158 valence electrons. The van der Waals surface area contributed by atoms with Crippen LogP contribution in [0, 0.1) is 29.6 Å². The number of esters is 1. The molecule has 0 rings (SSSR count). The number of nitrogens with one attached hydrogen (secondary N) is 1. The first-order chi connectivity index (χ1) is 12.5. The number of ether oxygens (including phenoxy) is 2. The molecule has 0 aliphatic heterocycles. The molecular formula is C20H37NO6. The largest absolute Gasteiger partial charge is 0.481 e. The van der Waals surface area contributed by atoms with Crippen molar-refractivity contribution < 1.29 is 29.0 Å². The number of rotatable bonds is 12. The van der Waals surface area contributed by atoms with Crippen molar-refractivity contribution in [1.82, 2.24) is 5.32 Å². The van der Waals surface area contributed by atoms with Gasteiger partial charge in [0, 0.05) is 12.5 Å². The van der Waals surface area contributed by atoms with Crippen LogP contribution in [0.15, 0.2) is 0 Å². The molecule has 0 aromatic carbocycles. The molecule has 27 heavy (non-hydrogen) atoms. The lowest BCUT2D eigenvalue weighted by molar-refractivity contribution is -0.178. The molecule has 0 saturated heterocycles. The van der Waals surface area contributed by atoms with Crippen LogP contribution < -0.4 is 5.32 Å². The van der Waals surface area contributed by atoms with E-state index in [0.29, 0.717) is 18.3 Å². The van der Waals surface area contributed by atoms with Gasteiger partial charge in [-0.25, -0.2) is 4.79 Å². The van der Waals surface area contributed by atoms with E-state index >= 15 is 0 Å². The Bertz CT molecular complexity index is 475. The van der Waals surface area contributed by atoms with E-state index in [2.05, 4.69) is 19.2 Å². The number of alkyl carbamates (subject to hydrolysis) is 1. The highest BCUT2D eigenvalue weighted by Gasteiger charge is 2.26. The van der Waals surface area contributed by atoms with Crippen molar-refractivity contribution in [2.75, 3.05) is 6.54 Å². The zero-order valence-electron chi connectivity index (χ0n) is 17.8. The Morgan fingerprint density at radius 2 is 1.56 bits per heavy atom. The average Bonchev–Trinajstić information content (AvgIpc) is 2.55. The van der Waals surface area contributed by atoms with Crippen LogP contribution in [0.2, 0.25) is 0 Å². The summed E-state index contributed by atoms with van der Waals surface area (Å²) in [5.74, 6) is -1.85. The monoisotopic (exact) mass is 387 g/mol. The molecule has 0 radical (unpaired) electrons. The van der Waals surface area contributed by atoms with Gasteiger partial charge in [0.15, 0.2) is 0 Å². The van der Waals surface area contributed by atoms with Crippen molar-refractivity contribution in [3.05, 3.63) is 0 Å². The van der Waals surface area contributed by atoms with Crippen LogP contribution in [0.4, 0.5) is 4.79 Å². The normalized spacial score (nSPS) is 14.7. The van der Waals surface area contributed by atoms with Gasteiger partial charge in [-0.1, -0.05) is 54.9 Å². The number of hydrogen-bond acceptors (Lipinski definition) is 5. The van der Waals surface area contributed by atoms with Crippen LogP contribution >= 0.6 is 0 Å². The maximum absolute atomic E-state index is 12.1. The van der Waals surface area contributed by atoms with E-state index < -0.39 is 30.2 Å². The maximum atomic E-state index is 12.1. The first kappa shape index (κ1) is 25.2. The van der Waals surface area contributed by atoms with Crippen molar-refractivity contribution >= 4 is 18.0 Å². The highest BCUT2D eigenvalue weighted by Crippen LogP contribution is 2.23. The third-order valence-corrected chi connectivity index (χ3v) is 4.31. The Morgan fingerprint density at radius 1 is 0.963 bits per heavy atom. The van der Waals surface area contributed by atoms with Gasteiger partial charge in [0.2, 0.25) is 0 Å². The van der Waals surface area contributed by atoms with E-state index in [-0.39, 0.29) is 18.4 Å². The molecule has 0 aromatic heterocycles. The quantitative estimate of drug-likeness (QED) is 0.387. The van der Waals surface area contributed by atoms with E-state index in [1.165, 1.54) is 0 Å². The zero-order chi connectivity index (χ0) is 21.1. The summed E-state index contributed by atoms with van der Waals surface area (Å²) in [5.41, 5.74) is 0. The third-order valence-electron chi connectivity index (χ3n) is 4.31. The van der Waals surface area contributed by atoms with Crippen LogP contribution in [-0.2, 0) is 19.1 Å². The predicted octanol–water partition coefficient (Wildman–Crippen LogP) is 4.06. The van der Waals surface area contributed by atoms with Crippen LogP contribution in [0.5, 0.6) is 0 Å². The molecule has 3 atom stereocenters. The number of aliphatic carboxylic acids is 1. The van der Waals surface area contributed by atoms with Gasteiger partial charge in [0.25, 0.3) is 6.29 Å². The van der Waals surface area contributed by atoms with Crippen LogP contribution in [0.3, 0.4) is 0 Å². The molecular weight excluding hydrogens is 350 g/mol. The summed E-state index contributed by atoms with van der Waals surface area (Å²) in [6, 6.07) is 0. The molecule has 2 N–H and O–H groups in total. The fraction of sp³-hybridized carbons (Fsp3) is 0.850. The lowest BCUT2D eigenvalue weighted by Gasteiger charge is -2.24. The smallest absolute Gasteiger partial charge is 0.410 e. The molecule has 0 heterocycles. The zero-order valence-corrected chi connectivity index (χ0v) is 17.8. The molecule has 0 unspecified atom stereocenters. The second kappa shape index (κ2) is 12.6. The Morgan fingerprint density at radius 3 is 1.96 bits per heavy atom. The summed E-state index contributed by atoms with van der Waals surface area (Å²) in [4.78, 5) is 35.3. The van der Waals surface area contributed by atoms with Crippen LogP contribution in [0.1, 0.15) is 67.7 Å². The van der Waals surface area contributed by atoms with Gasteiger partial charge in [0.1, 0.15) is 0 Å². The molecule has 0 spiro atoms. The van der Waals surface area contributed by atoms with Crippen molar-refractivity contribution in [2.24, 2.45) is 29.6 Å². The number of hydrogen-bond donors (Lipinski definition) is 2. The standard InChI is InChI=1S/C20H37NO6/c1-8-15(9-12(2)3)10-16(17(22)23)11-21-20(25)27-19(14(6)7)26-18(24)13(4)5/h12-16,19H,8-11H2,1-7H3,(H,21,25)(H,22,23)/t15-,16+,19-/m0/s1. The van der Waals surface area contributed by atoms with E-state index in [0.717, 1.165) is 12.8 Å². The highest BCUT2D eigenvalue weighted by molar-refractivity contribution is 5.73. The maximum Gasteiger partial charge on any atom is 0.410 e. The number of amides is 1. The molecule has 0 saturated carbocycles. The Kier molecular flexibility index (Phi) is 11.7. The summed E-state index contributed by atoms with van der Waals surface area (Å²) in [5, 5.41) is 12.0. The molecule has 1 amide bonds. The van der Waals surface area contributed by atoms with Crippen LogP contribution in [-0.4, -0.2) is 36.0 Å². The Hall–Kier alpha value is -1.79. The molecule has 7 nitrogen and oxygen atoms in total. The molecule has 0 aliphatic carbocycles. The molecule has 0 fully saturated rings. The summed E-state index contributed by atoms with van der Waals surface area (Å²) < 4.78 is 10.4. The average molecular weight is 388 g/mol. The number of carbonyl (C=O) groups excluding carboxylic acids is 2. The van der Waals surface area contributed by atoms with E-state index in [9.17, 15) is 19.5 Å². The van der Waals surface area contributed by atoms with E-state index in [1.54, 1.807) is 27.7 Å². The number of carbonyl (C=O) groups is 3. The van der Waals surface area contributed by atoms with Gasteiger partial charge in [-0.2, -0.15) is 0 Å². The summed E-state index contributed by atoms with van der Waals surface area (Å²) >= 11 is 0. The van der Waals surface area contributed by atoms with Crippen molar-refractivity contribution in [3.63, 3.8) is 0 Å². The van der Waals surface area contributed by atoms with Gasteiger partial charge in [-0.3, -0.25) is 9.59 Å². The van der Waals surface area contributed by atoms with E-state index in [4.69, 9.17) is 9.47 Å². The molecule has 0 bridgehead atoms. The van der Waals surface area contributed by atoms with E-state index in [1.807, 2.05) is 6.92 Å². The van der Waals surface area contributed by atoms with Gasteiger partial charge < -0.3 is 19.9 Å². The summed E-state index contributed by atoms with van der Waals surface area (Å²) in [6.45, 7) is 13.2. The molecule has 0 aromatic rings. The molecule has 7 heteroatoms. The third kappa shape index (κ3) is 10.8. The van der Waals surface area contributed by atoms with Gasteiger partial charge in [0.05, 0.1) is 11.8 Å². The Balaban J connectivity index is 4.70. The van der Waals surface area contributed by atoms with Crippen LogP contribution in [0.25, 0.3) is 0 Å². The molecule has 0 aliphatic rings. The first-order valence-electron chi connectivity index (χ1n) is 9.85. The predicted molar refractivity (Wildman–Crippen MR) is 103 cm³/mol. The second-order valence-electron chi connectivity index (χ2n) is 8.16. The first-order valence-corrected chi connectivity index (χ1v) is 9.85. The number of carboxylic acid groups (broad SMARTS) is 1. The van der Waals surface area contributed by atoms with Gasteiger partial charge in [-0.05, 0) is 24.7 Å². The van der Waals surface area contributed by atoms with Crippen molar-refractivity contribution in [2.45, 2.75) is 74.0 Å². The summed E-state index contributed by atoms with van der Waals surface area (Å²) in [7, 11) is 0. The highest BCUT2D eigenvalue weighted by atomic mass is 16.7. The van der Waals surface area contributed by atoms with Gasteiger partial charge in [-0.15, -0.1) is 0 Å². The Labute approximate surface area is 163 Å². The summed E-state index contributed by atoms with van der Waals surface area (Å²) in [6.07, 6.45) is 0.555. The second-order valence-corrected chi connectivity index (χ2v) is 8.16. The van der Waals surface area contributed by atoms with Crippen molar-refractivity contribution in [3.8, 4) is 0 Å². The minimum Gasteiger partial charge on any atom is -0.481 e. The fourth-order valence-electron chi connectivity index (χ4n) is 2.67. The van der Waals surface area contributed by atoms with Gasteiger partial charge >= 0.3 is 18.0 Å². The lowest BCUT2D eigenvalue weighted by atomic mass is 9.86. The SMILES string of the molecule is CC[C@@H](CC(C)C)C[C@H](CNC(=O)O[C@H](OC(=O)C(C)C)C(C)C)C(=O)O. The minimum atomic E-state index is -1.01. The topological polar surface area (TPSA) is 102 Å². The lowest BCUT2D eigenvalue weighted by Crippen LogP contribution is -2.39. The van der Waals surface area contributed by atoms with Crippen molar-refractivity contribution in [1.29, 1.82) is 0 Å². The minimum absolute atomic E-state index is 0.0221. The number of carboxylic acids is 1.